The summed E-state index contributed by atoms with van der Waals surface area (Å²) in [6, 6.07) is 8.79. The second kappa shape index (κ2) is 7.83. The van der Waals surface area contributed by atoms with E-state index in [0.717, 1.165) is 17.0 Å². The predicted molar refractivity (Wildman–Crippen MR) is 102 cm³/mol. The topological polar surface area (TPSA) is 92.8 Å². The monoisotopic (exact) mass is 398 g/mol. The van der Waals surface area contributed by atoms with E-state index < -0.39 is 35.6 Å². The lowest BCUT2D eigenvalue weighted by Gasteiger charge is -2.15. The lowest BCUT2D eigenvalue weighted by Crippen LogP contribution is -2.39. The third kappa shape index (κ3) is 4.01. The molecule has 8 heteroatoms. The number of fused-ring (bicyclic) bond motifs is 1. The molecule has 150 valence electrons. The zero-order valence-electron chi connectivity index (χ0n) is 16.1. The van der Waals surface area contributed by atoms with Gasteiger partial charge < -0.3 is 10.1 Å². The van der Waals surface area contributed by atoms with E-state index in [1.165, 1.54) is 37.3 Å². The van der Waals surface area contributed by atoms with Gasteiger partial charge in [-0.25, -0.2) is 14.1 Å². The second-order valence-electron chi connectivity index (χ2n) is 6.89. The quantitative estimate of drug-likeness (QED) is 0.618. The van der Waals surface area contributed by atoms with Crippen molar-refractivity contribution in [3.63, 3.8) is 0 Å². The largest absolute Gasteiger partial charge is 0.449 e. The third-order valence-corrected chi connectivity index (χ3v) is 4.29. The molecule has 0 unspecified atom stereocenters. The number of hydrogen-bond donors (Lipinski definition) is 1. The Balaban J connectivity index is 1.81. The number of nitrogens with one attached hydrogen (secondary N) is 1. The summed E-state index contributed by atoms with van der Waals surface area (Å²) >= 11 is 0. The van der Waals surface area contributed by atoms with Crippen LogP contribution in [0.15, 0.2) is 42.5 Å². The van der Waals surface area contributed by atoms with Gasteiger partial charge in [0.15, 0.2) is 6.10 Å². The maximum absolute atomic E-state index is 13.1. The zero-order valence-corrected chi connectivity index (χ0v) is 16.1. The molecule has 1 atom stereocenters. The fourth-order valence-electron chi connectivity index (χ4n) is 2.88. The number of amides is 3. The van der Waals surface area contributed by atoms with Gasteiger partial charge in [-0.3, -0.25) is 14.4 Å². The van der Waals surface area contributed by atoms with E-state index in [2.05, 4.69) is 5.32 Å². The molecule has 3 rings (SSSR count). The van der Waals surface area contributed by atoms with Crippen LogP contribution in [0.5, 0.6) is 0 Å². The highest BCUT2D eigenvalue weighted by Crippen LogP contribution is 2.29. The number of ether oxygens (including phenoxy) is 1. The molecule has 1 aliphatic heterocycles. The molecular formula is C21H19FN2O5. The molecule has 0 aromatic heterocycles. The highest BCUT2D eigenvalue weighted by Gasteiger charge is 2.37. The van der Waals surface area contributed by atoms with E-state index in [9.17, 15) is 23.6 Å². The van der Waals surface area contributed by atoms with E-state index in [1.54, 1.807) is 13.8 Å². The van der Waals surface area contributed by atoms with Gasteiger partial charge in [0.2, 0.25) is 0 Å². The molecule has 2 aromatic carbocycles. The Bertz CT molecular complexity index is 1000. The van der Waals surface area contributed by atoms with Crippen molar-refractivity contribution in [2.75, 3.05) is 4.90 Å². The van der Waals surface area contributed by atoms with Crippen LogP contribution in [0, 0.1) is 5.82 Å². The van der Waals surface area contributed by atoms with Gasteiger partial charge >= 0.3 is 5.97 Å². The lowest BCUT2D eigenvalue weighted by molar-refractivity contribution is -0.129. The molecule has 0 fully saturated rings. The van der Waals surface area contributed by atoms with Gasteiger partial charge in [-0.15, -0.1) is 0 Å². The fourth-order valence-corrected chi connectivity index (χ4v) is 2.88. The number of hydrogen-bond acceptors (Lipinski definition) is 5. The SMILES string of the molecule is CC(C)NC(=O)[C@H](C)OC(=O)c1ccc2c(c1)C(=O)N(c1ccc(F)cc1)C2=O. The highest BCUT2D eigenvalue weighted by atomic mass is 19.1. The average Bonchev–Trinajstić information content (AvgIpc) is 2.92. The summed E-state index contributed by atoms with van der Waals surface area (Å²) in [5.41, 5.74) is 0.422. The third-order valence-electron chi connectivity index (χ3n) is 4.29. The van der Waals surface area contributed by atoms with Crippen LogP contribution < -0.4 is 10.2 Å². The van der Waals surface area contributed by atoms with E-state index in [0.29, 0.717) is 0 Å². The van der Waals surface area contributed by atoms with Crippen LogP contribution in [-0.2, 0) is 9.53 Å². The van der Waals surface area contributed by atoms with Gasteiger partial charge in [0.05, 0.1) is 22.4 Å². The highest BCUT2D eigenvalue weighted by molar-refractivity contribution is 6.34. The molecule has 0 saturated heterocycles. The standard InChI is InChI=1S/C21H19FN2O5/c1-11(2)23-18(25)12(3)29-21(28)13-4-9-16-17(10-13)20(27)24(19(16)26)15-7-5-14(22)6-8-15/h4-12H,1-3H3,(H,23,25)/t12-/m0/s1. The Hall–Kier alpha value is -3.55. The second-order valence-corrected chi connectivity index (χ2v) is 6.89. The normalized spacial score (nSPS) is 14.0. The molecule has 2 aromatic rings. The molecular weight excluding hydrogens is 379 g/mol. The van der Waals surface area contributed by atoms with Crippen molar-refractivity contribution in [3.8, 4) is 0 Å². The van der Waals surface area contributed by atoms with Gasteiger partial charge in [0, 0.05) is 6.04 Å². The zero-order chi connectivity index (χ0) is 21.3. The van der Waals surface area contributed by atoms with Gasteiger partial charge in [-0.05, 0) is 63.2 Å². The molecule has 0 bridgehead atoms. The summed E-state index contributed by atoms with van der Waals surface area (Å²) in [5.74, 6) is -2.92. The molecule has 0 radical (unpaired) electrons. The number of imide groups is 1. The average molecular weight is 398 g/mol. The smallest absolute Gasteiger partial charge is 0.338 e. The first-order chi connectivity index (χ1) is 13.7. The number of benzene rings is 2. The van der Waals surface area contributed by atoms with Crippen molar-refractivity contribution >= 4 is 29.4 Å². The van der Waals surface area contributed by atoms with Gasteiger partial charge in [0.1, 0.15) is 5.82 Å². The van der Waals surface area contributed by atoms with Crippen LogP contribution in [0.2, 0.25) is 0 Å². The van der Waals surface area contributed by atoms with Crippen LogP contribution in [0.1, 0.15) is 51.8 Å². The van der Waals surface area contributed by atoms with E-state index in [4.69, 9.17) is 4.74 Å². The number of halogens is 1. The summed E-state index contributed by atoms with van der Waals surface area (Å²) in [6.07, 6.45) is -1.02. The van der Waals surface area contributed by atoms with Gasteiger partial charge in [-0.2, -0.15) is 0 Å². The Morgan fingerprint density at radius 3 is 2.21 bits per heavy atom. The molecule has 1 aliphatic rings. The van der Waals surface area contributed by atoms with Crippen molar-refractivity contribution < 1.29 is 28.3 Å². The number of esters is 1. The van der Waals surface area contributed by atoms with Crippen LogP contribution in [-0.4, -0.2) is 35.8 Å². The minimum absolute atomic E-state index is 0.0352. The number of anilines is 1. The van der Waals surface area contributed by atoms with Gasteiger partial charge in [-0.1, -0.05) is 0 Å². The predicted octanol–water partition coefficient (Wildman–Crippen LogP) is 2.70. The van der Waals surface area contributed by atoms with Crippen molar-refractivity contribution in [1.82, 2.24) is 5.32 Å². The first kappa shape index (κ1) is 20.2. The molecule has 0 saturated carbocycles. The summed E-state index contributed by atoms with van der Waals surface area (Å²) in [5, 5.41) is 2.63. The first-order valence-electron chi connectivity index (χ1n) is 8.98. The van der Waals surface area contributed by atoms with Crippen LogP contribution >= 0.6 is 0 Å². The number of carbonyl (C=O) groups excluding carboxylic acids is 4. The van der Waals surface area contributed by atoms with Crippen LogP contribution in [0.4, 0.5) is 10.1 Å². The van der Waals surface area contributed by atoms with E-state index in [-0.39, 0.29) is 28.4 Å². The number of carbonyl (C=O) groups is 4. The van der Waals surface area contributed by atoms with E-state index >= 15 is 0 Å². The van der Waals surface area contributed by atoms with Crippen molar-refractivity contribution in [3.05, 3.63) is 65.0 Å². The summed E-state index contributed by atoms with van der Waals surface area (Å²) in [6.45, 7) is 5.00. The Morgan fingerprint density at radius 1 is 0.966 bits per heavy atom. The molecule has 1 heterocycles. The Kier molecular flexibility index (Phi) is 5.45. The van der Waals surface area contributed by atoms with Crippen molar-refractivity contribution in [2.45, 2.75) is 32.9 Å². The molecule has 7 nitrogen and oxygen atoms in total. The number of rotatable bonds is 5. The molecule has 0 aliphatic carbocycles. The molecule has 29 heavy (non-hydrogen) atoms. The molecule has 0 spiro atoms. The Morgan fingerprint density at radius 2 is 1.59 bits per heavy atom. The number of nitrogens with zero attached hydrogens (tertiary/aromatic N) is 1. The summed E-state index contributed by atoms with van der Waals surface area (Å²) in [4.78, 5) is 50.5. The molecule has 1 N–H and O–H groups in total. The minimum Gasteiger partial charge on any atom is -0.449 e. The molecule has 3 amide bonds. The maximum atomic E-state index is 13.1. The van der Waals surface area contributed by atoms with Gasteiger partial charge in [0.25, 0.3) is 17.7 Å². The fraction of sp³-hybridized carbons (Fsp3) is 0.238. The lowest BCUT2D eigenvalue weighted by atomic mass is 10.1. The maximum Gasteiger partial charge on any atom is 0.338 e. The summed E-state index contributed by atoms with van der Waals surface area (Å²) < 4.78 is 18.3. The van der Waals surface area contributed by atoms with Crippen LogP contribution in [0.25, 0.3) is 0 Å². The first-order valence-corrected chi connectivity index (χ1v) is 8.98. The van der Waals surface area contributed by atoms with Crippen molar-refractivity contribution in [1.29, 1.82) is 0 Å². The van der Waals surface area contributed by atoms with Crippen LogP contribution in [0.3, 0.4) is 0 Å². The Labute approximate surface area is 166 Å². The summed E-state index contributed by atoms with van der Waals surface area (Å²) in [7, 11) is 0. The van der Waals surface area contributed by atoms with Crippen molar-refractivity contribution in [2.24, 2.45) is 0 Å². The minimum atomic E-state index is -1.02. The van der Waals surface area contributed by atoms with E-state index in [1.807, 2.05) is 0 Å².